The Kier molecular flexibility index (Phi) is 5.41. The van der Waals surface area contributed by atoms with Crippen molar-refractivity contribution in [1.29, 1.82) is 0 Å². The summed E-state index contributed by atoms with van der Waals surface area (Å²) in [5.41, 5.74) is 0.853. The van der Waals surface area contributed by atoms with Crippen LogP contribution < -0.4 is 0 Å². The highest BCUT2D eigenvalue weighted by atomic mass is 32.2. The largest absolute Gasteiger partial charge is 0.481 e. The van der Waals surface area contributed by atoms with Gasteiger partial charge in [-0.25, -0.2) is 8.42 Å². The molecule has 2 rings (SSSR count). The van der Waals surface area contributed by atoms with Gasteiger partial charge in [-0.3, -0.25) is 9.59 Å². The fourth-order valence-corrected chi connectivity index (χ4v) is 4.28. The first kappa shape index (κ1) is 17.5. The third-order valence-electron chi connectivity index (χ3n) is 4.08. The van der Waals surface area contributed by atoms with E-state index in [1.807, 2.05) is 30.3 Å². The molecule has 23 heavy (non-hydrogen) atoms. The van der Waals surface area contributed by atoms with E-state index in [1.165, 1.54) is 4.90 Å². The first-order valence-electron chi connectivity index (χ1n) is 7.60. The van der Waals surface area contributed by atoms with Crippen LogP contribution in [0.5, 0.6) is 0 Å². The summed E-state index contributed by atoms with van der Waals surface area (Å²) < 4.78 is 23.6. The van der Waals surface area contributed by atoms with Crippen molar-refractivity contribution in [2.75, 3.05) is 24.6 Å². The molecule has 2 atom stereocenters. The van der Waals surface area contributed by atoms with Crippen LogP contribution in [0.3, 0.4) is 0 Å². The third kappa shape index (κ3) is 4.31. The predicted octanol–water partition coefficient (Wildman–Crippen LogP) is 1.14. The molecule has 0 aliphatic carbocycles. The van der Waals surface area contributed by atoms with Crippen LogP contribution in [0.4, 0.5) is 0 Å². The lowest BCUT2D eigenvalue weighted by Gasteiger charge is -2.16. The van der Waals surface area contributed by atoms with Gasteiger partial charge >= 0.3 is 5.97 Å². The number of benzene rings is 1. The maximum atomic E-state index is 12.2. The van der Waals surface area contributed by atoms with E-state index in [4.69, 9.17) is 0 Å². The van der Waals surface area contributed by atoms with E-state index in [0.717, 1.165) is 5.56 Å². The lowest BCUT2D eigenvalue weighted by Crippen LogP contribution is -2.35. The molecule has 0 bridgehead atoms. The van der Waals surface area contributed by atoms with Crippen molar-refractivity contribution in [2.45, 2.75) is 19.3 Å². The number of hydrogen-bond donors (Lipinski definition) is 1. The van der Waals surface area contributed by atoms with Crippen molar-refractivity contribution < 1.29 is 23.1 Å². The molecule has 1 heterocycles. The molecular weight excluding hydrogens is 318 g/mol. The Bertz CT molecular complexity index is 671. The molecule has 1 amide bonds. The molecule has 1 aliphatic heterocycles. The number of nitrogens with zero attached hydrogens (tertiary/aromatic N) is 1. The normalized spacial score (nSPS) is 21.3. The van der Waals surface area contributed by atoms with Crippen LogP contribution in [-0.4, -0.2) is 54.9 Å². The Labute approximate surface area is 136 Å². The van der Waals surface area contributed by atoms with Gasteiger partial charge in [0.1, 0.15) is 5.75 Å². The van der Waals surface area contributed by atoms with Gasteiger partial charge in [0, 0.05) is 19.0 Å². The number of aliphatic carboxylic acids is 1. The molecule has 0 spiro atoms. The average molecular weight is 339 g/mol. The topological polar surface area (TPSA) is 91.8 Å². The second kappa shape index (κ2) is 7.12. The number of hydrogen-bond acceptors (Lipinski definition) is 4. The number of likely N-dealkylation sites (tertiary alicyclic amines) is 1. The second-order valence-electron chi connectivity index (χ2n) is 5.85. The van der Waals surface area contributed by atoms with Crippen LogP contribution in [0.2, 0.25) is 0 Å². The number of sulfone groups is 1. The van der Waals surface area contributed by atoms with Crippen LogP contribution in [0.15, 0.2) is 30.3 Å². The first-order valence-corrected chi connectivity index (χ1v) is 9.42. The van der Waals surface area contributed by atoms with Crippen molar-refractivity contribution in [3.8, 4) is 0 Å². The van der Waals surface area contributed by atoms with E-state index in [-0.39, 0.29) is 24.8 Å². The zero-order valence-corrected chi connectivity index (χ0v) is 13.8. The molecule has 0 aromatic heterocycles. The van der Waals surface area contributed by atoms with E-state index < -0.39 is 33.4 Å². The number of amides is 1. The van der Waals surface area contributed by atoms with E-state index >= 15 is 0 Å². The molecule has 7 heteroatoms. The minimum absolute atomic E-state index is 0.0307. The maximum absolute atomic E-state index is 12.2. The van der Waals surface area contributed by atoms with Gasteiger partial charge in [0.15, 0.2) is 9.84 Å². The van der Waals surface area contributed by atoms with Gasteiger partial charge in [-0.15, -0.1) is 0 Å². The van der Waals surface area contributed by atoms with Crippen molar-refractivity contribution in [1.82, 2.24) is 4.90 Å². The Balaban J connectivity index is 2.14. The minimum atomic E-state index is -3.43. The second-order valence-corrected chi connectivity index (χ2v) is 8.04. The molecule has 1 aromatic carbocycles. The van der Waals surface area contributed by atoms with Crippen LogP contribution in [0, 0.1) is 5.92 Å². The number of carbonyl (C=O) groups excluding carboxylic acids is 1. The highest BCUT2D eigenvalue weighted by Gasteiger charge is 2.40. The molecule has 1 aliphatic rings. The Morgan fingerprint density at radius 3 is 2.43 bits per heavy atom. The standard InChI is InChI=1S/C16H21NO5S/c1-2-8-23(21,22)11-15(18)17-9-13(14(10-17)16(19)20)12-6-4-3-5-7-12/h3-7,13-14H,2,8-11H2,1H3,(H,19,20)/t13-,14-/m0/s1. The van der Waals surface area contributed by atoms with E-state index in [2.05, 4.69) is 0 Å². The molecule has 1 fully saturated rings. The highest BCUT2D eigenvalue weighted by molar-refractivity contribution is 7.92. The summed E-state index contributed by atoms with van der Waals surface area (Å²) in [4.78, 5) is 25.1. The van der Waals surface area contributed by atoms with Crippen LogP contribution in [0.25, 0.3) is 0 Å². The van der Waals surface area contributed by atoms with Crippen LogP contribution >= 0.6 is 0 Å². The number of rotatable bonds is 6. The average Bonchev–Trinajstić information content (AvgIpc) is 2.93. The quantitative estimate of drug-likeness (QED) is 0.839. The smallest absolute Gasteiger partial charge is 0.308 e. The molecule has 1 aromatic rings. The lowest BCUT2D eigenvalue weighted by atomic mass is 9.89. The zero-order valence-electron chi connectivity index (χ0n) is 13.0. The van der Waals surface area contributed by atoms with Gasteiger partial charge in [0.05, 0.1) is 11.7 Å². The number of carboxylic acid groups (broad SMARTS) is 1. The summed E-state index contributed by atoms with van der Waals surface area (Å²) in [7, 11) is -3.43. The van der Waals surface area contributed by atoms with Gasteiger partial charge in [-0.05, 0) is 12.0 Å². The fraction of sp³-hybridized carbons (Fsp3) is 0.500. The summed E-state index contributed by atoms with van der Waals surface area (Å²) in [6.07, 6.45) is 0.458. The molecule has 1 N–H and O–H groups in total. The van der Waals surface area contributed by atoms with Gasteiger partial charge < -0.3 is 10.0 Å². The van der Waals surface area contributed by atoms with E-state index in [9.17, 15) is 23.1 Å². The molecule has 0 radical (unpaired) electrons. The fourth-order valence-electron chi connectivity index (χ4n) is 2.96. The zero-order chi connectivity index (χ0) is 17.0. The maximum Gasteiger partial charge on any atom is 0.308 e. The third-order valence-corrected chi connectivity index (χ3v) is 5.79. The van der Waals surface area contributed by atoms with E-state index in [1.54, 1.807) is 6.92 Å². The van der Waals surface area contributed by atoms with E-state index in [0.29, 0.717) is 6.42 Å². The van der Waals surface area contributed by atoms with Crippen molar-refractivity contribution in [3.05, 3.63) is 35.9 Å². The van der Waals surface area contributed by atoms with Gasteiger partial charge in [0.2, 0.25) is 5.91 Å². The Morgan fingerprint density at radius 2 is 1.87 bits per heavy atom. The van der Waals surface area contributed by atoms with Crippen molar-refractivity contribution in [3.63, 3.8) is 0 Å². The monoisotopic (exact) mass is 339 g/mol. The first-order chi connectivity index (χ1) is 10.8. The number of carboxylic acids is 1. The molecule has 6 nitrogen and oxygen atoms in total. The summed E-state index contributed by atoms with van der Waals surface area (Å²) in [6, 6.07) is 9.16. The minimum Gasteiger partial charge on any atom is -0.481 e. The molecule has 1 saturated heterocycles. The molecule has 0 unspecified atom stereocenters. The highest BCUT2D eigenvalue weighted by Crippen LogP contribution is 2.33. The van der Waals surface area contributed by atoms with Gasteiger partial charge in [-0.2, -0.15) is 0 Å². The summed E-state index contributed by atoms with van der Waals surface area (Å²) in [5.74, 6) is -3.08. The SMILES string of the molecule is CCCS(=O)(=O)CC(=O)N1C[C@H](C(=O)O)[C@H](c2ccccc2)C1. The molecule has 126 valence electrons. The number of carbonyl (C=O) groups is 2. The Hall–Kier alpha value is -1.89. The van der Waals surface area contributed by atoms with Crippen LogP contribution in [-0.2, 0) is 19.4 Å². The summed E-state index contributed by atoms with van der Waals surface area (Å²) in [6.45, 7) is 2.03. The Morgan fingerprint density at radius 1 is 1.22 bits per heavy atom. The summed E-state index contributed by atoms with van der Waals surface area (Å²) >= 11 is 0. The molecule has 0 saturated carbocycles. The molecular formula is C16H21NO5S. The lowest BCUT2D eigenvalue weighted by molar-refractivity contribution is -0.141. The summed E-state index contributed by atoms with van der Waals surface area (Å²) in [5, 5.41) is 9.41. The van der Waals surface area contributed by atoms with Crippen molar-refractivity contribution in [2.24, 2.45) is 5.92 Å². The predicted molar refractivity (Wildman–Crippen MR) is 85.8 cm³/mol. The van der Waals surface area contributed by atoms with Crippen LogP contribution in [0.1, 0.15) is 24.8 Å². The van der Waals surface area contributed by atoms with Gasteiger partial charge in [-0.1, -0.05) is 37.3 Å². The van der Waals surface area contributed by atoms with Crippen molar-refractivity contribution >= 4 is 21.7 Å². The van der Waals surface area contributed by atoms with Gasteiger partial charge in [0.25, 0.3) is 0 Å².